The Labute approximate surface area is 162 Å². The molecule has 0 saturated carbocycles. The maximum absolute atomic E-state index is 13.5. The molecule has 1 aromatic heterocycles. The van der Waals surface area contributed by atoms with Gasteiger partial charge in [-0.05, 0) is 42.0 Å². The van der Waals surface area contributed by atoms with Gasteiger partial charge in [0.15, 0.2) is 0 Å². The lowest BCUT2D eigenvalue weighted by Gasteiger charge is -2.34. The molecule has 5 nitrogen and oxygen atoms in total. The molecule has 0 bridgehead atoms. The Morgan fingerprint density at radius 3 is 2.43 bits per heavy atom. The first-order valence-electron chi connectivity index (χ1n) is 9.06. The van der Waals surface area contributed by atoms with Gasteiger partial charge in [-0.1, -0.05) is 12.1 Å². The van der Waals surface area contributed by atoms with Gasteiger partial charge in [-0.2, -0.15) is 5.06 Å². The fourth-order valence-corrected chi connectivity index (χ4v) is 3.67. The molecule has 1 aliphatic heterocycles. The Morgan fingerprint density at radius 1 is 1.11 bits per heavy atom. The molecule has 0 N–H and O–H groups in total. The van der Waals surface area contributed by atoms with Crippen LogP contribution in [0.5, 0.6) is 5.75 Å². The second-order valence-corrected chi connectivity index (χ2v) is 6.97. The Kier molecular flexibility index (Phi) is 5.11. The maximum Gasteiger partial charge on any atom is 0.123 e. The number of benzene rings is 2. The standard InChI is InChI=1S/C21H21F2N3O2/c1-25-21(14-26-11-10-24-15-26,16-2-4-17(22)5-3-16)12-20(28-25)13-27-19-8-6-18(23)7-9-19/h2-11,15,20H,12-14H2,1H3. The van der Waals surface area contributed by atoms with Gasteiger partial charge in [0.25, 0.3) is 0 Å². The first-order chi connectivity index (χ1) is 13.5. The van der Waals surface area contributed by atoms with Crippen LogP contribution in [-0.2, 0) is 16.9 Å². The van der Waals surface area contributed by atoms with Gasteiger partial charge in [0.05, 0.1) is 11.9 Å². The van der Waals surface area contributed by atoms with E-state index in [1.165, 1.54) is 24.3 Å². The molecule has 28 heavy (non-hydrogen) atoms. The molecular weight excluding hydrogens is 364 g/mol. The van der Waals surface area contributed by atoms with Crippen LogP contribution in [0.4, 0.5) is 8.78 Å². The van der Waals surface area contributed by atoms with E-state index in [9.17, 15) is 8.78 Å². The van der Waals surface area contributed by atoms with Crippen molar-refractivity contribution in [2.75, 3.05) is 13.7 Å². The van der Waals surface area contributed by atoms with Crippen LogP contribution in [0.25, 0.3) is 0 Å². The minimum absolute atomic E-state index is 0.205. The summed E-state index contributed by atoms with van der Waals surface area (Å²) in [6.45, 7) is 0.922. The number of aromatic nitrogens is 2. The predicted molar refractivity (Wildman–Crippen MR) is 99.5 cm³/mol. The lowest BCUT2D eigenvalue weighted by molar-refractivity contribution is -0.179. The third-order valence-corrected chi connectivity index (χ3v) is 5.11. The number of hydrogen-bond acceptors (Lipinski definition) is 4. The highest BCUT2D eigenvalue weighted by molar-refractivity contribution is 5.27. The van der Waals surface area contributed by atoms with E-state index in [-0.39, 0.29) is 17.7 Å². The van der Waals surface area contributed by atoms with Crippen LogP contribution >= 0.6 is 0 Å². The minimum atomic E-state index is -0.495. The summed E-state index contributed by atoms with van der Waals surface area (Å²) in [7, 11) is 1.87. The van der Waals surface area contributed by atoms with Crippen LogP contribution in [-0.4, -0.2) is 34.4 Å². The van der Waals surface area contributed by atoms with Gasteiger partial charge in [0, 0.05) is 32.4 Å². The smallest absolute Gasteiger partial charge is 0.123 e. The predicted octanol–water partition coefficient (Wildman–Crippen LogP) is 3.77. The van der Waals surface area contributed by atoms with Crippen molar-refractivity contribution >= 4 is 0 Å². The van der Waals surface area contributed by atoms with E-state index >= 15 is 0 Å². The molecule has 3 aromatic rings. The average Bonchev–Trinajstić information content (AvgIpc) is 3.31. The SMILES string of the molecule is CN1OC(COc2ccc(F)cc2)CC1(Cn1ccnc1)c1ccc(F)cc1. The monoisotopic (exact) mass is 385 g/mol. The van der Waals surface area contributed by atoms with Gasteiger partial charge in [-0.25, -0.2) is 13.8 Å². The van der Waals surface area contributed by atoms with Crippen LogP contribution in [0.2, 0.25) is 0 Å². The molecule has 2 unspecified atom stereocenters. The second kappa shape index (κ2) is 7.69. The summed E-state index contributed by atoms with van der Waals surface area (Å²) < 4.78 is 34.3. The number of hydrogen-bond donors (Lipinski definition) is 0. The van der Waals surface area contributed by atoms with Crippen molar-refractivity contribution in [1.29, 1.82) is 0 Å². The van der Waals surface area contributed by atoms with E-state index in [1.807, 2.05) is 22.9 Å². The first kappa shape index (κ1) is 18.6. The zero-order valence-electron chi connectivity index (χ0n) is 15.5. The molecule has 0 spiro atoms. The molecule has 7 heteroatoms. The molecule has 4 rings (SSSR count). The molecule has 2 aromatic carbocycles. The zero-order valence-corrected chi connectivity index (χ0v) is 15.5. The highest BCUT2D eigenvalue weighted by Gasteiger charge is 2.47. The molecular formula is C21H21F2N3O2. The number of rotatable bonds is 6. The summed E-state index contributed by atoms with van der Waals surface area (Å²) in [6, 6.07) is 12.4. The molecule has 0 amide bonds. The van der Waals surface area contributed by atoms with Crippen molar-refractivity contribution in [3.8, 4) is 5.75 Å². The van der Waals surface area contributed by atoms with Gasteiger partial charge in [0.2, 0.25) is 0 Å². The molecule has 2 heterocycles. The molecule has 0 aliphatic carbocycles. The maximum atomic E-state index is 13.5. The van der Waals surface area contributed by atoms with Crippen molar-refractivity contribution < 1.29 is 18.4 Å². The van der Waals surface area contributed by atoms with E-state index in [2.05, 4.69) is 4.98 Å². The van der Waals surface area contributed by atoms with Crippen molar-refractivity contribution in [2.24, 2.45) is 0 Å². The Hall–Kier alpha value is -2.77. The van der Waals surface area contributed by atoms with E-state index in [0.29, 0.717) is 25.3 Å². The van der Waals surface area contributed by atoms with Crippen LogP contribution < -0.4 is 4.74 Å². The Morgan fingerprint density at radius 2 is 1.79 bits per heavy atom. The van der Waals surface area contributed by atoms with E-state index in [1.54, 1.807) is 36.8 Å². The van der Waals surface area contributed by atoms with Crippen LogP contribution in [0, 0.1) is 11.6 Å². The number of halogens is 2. The van der Waals surface area contributed by atoms with Gasteiger partial charge in [-0.15, -0.1) is 0 Å². The quantitative estimate of drug-likeness (QED) is 0.648. The van der Waals surface area contributed by atoms with E-state index < -0.39 is 5.54 Å². The highest BCUT2D eigenvalue weighted by Crippen LogP contribution is 2.41. The van der Waals surface area contributed by atoms with Gasteiger partial charge < -0.3 is 9.30 Å². The van der Waals surface area contributed by atoms with Gasteiger partial charge >= 0.3 is 0 Å². The van der Waals surface area contributed by atoms with Crippen LogP contribution in [0.1, 0.15) is 12.0 Å². The summed E-state index contributed by atoms with van der Waals surface area (Å²) in [6.07, 6.45) is 5.81. The minimum Gasteiger partial charge on any atom is -0.491 e. The summed E-state index contributed by atoms with van der Waals surface area (Å²) in [5.41, 5.74) is 0.458. The topological polar surface area (TPSA) is 39.5 Å². The number of likely N-dealkylation sites (N-methyl/N-ethyl adjacent to an activating group) is 1. The second-order valence-electron chi connectivity index (χ2n) is 6.97. The summed E-state index contributed by atoms with van der Waals surface area (Å²) >= 11 is 0. The zero-order chi connectivity index (χ0) is 19.6. The molecule has 1 fully saturated rings. The molecule has 2 atom stereocenters. The van der Waals surface area contributed by atoms with Gasteiger partial charge in [-0.3, -0.25) is 4.84 Å². The number of hydroxylamine groups is 2. The van der Waals surface area contributed by atoms with E-state index in [0.717, 1.165) is 5.56 Å². The van der Waals surface area contributed by atoms with Crippen molar-refractivity contribution in [3.63, 3.8) is 0 Å². The number of imidazole rings is 1. The average molecular weight is 385 g/mol. The van der Waals surface area contributed by atoms with Crippen LogP contribution in [0.3, 0.4) is 0 Å². The van der Waals surface area contributed by atoms with Crippen molar-refractivity contribution in [2.45, 2.75) is 24.6 Å². The fourth-order valence-electron chi connectivity index (χ4n) is 3.67. The molecule has 1 aliphatic rings. The third kappa shape index (κ3) is 3.76. The molecule has 1 saturated heterocycles. The third-order valence-electron chi connectivity index (χ3n) is 5.11. The van der Waals surface area contributed by atoms with Crippen LogP contribution in [0.15, 0.2) is 67.3 Å². The molecule has 0 radical (unpaired) electrons. The molecule has 146 valence electrons. The van der Waals surface area contributed by atoms with Crippen molar-refractivity contribution in [1.82, 2.24) is 14.6 Å². The highest BCUT2D eigenvalue weighted by atomic mass is 19.1. The van der Waals surface area contributed by atoms with Gasteiger partial charge in [0.1, 0.15) is 30.1 Å². The Bertz CT molecular complexity index is 900. The number of nitrogens with zero attached hydrogens (tertiary/aromatic N) is 3. The summed E-state index contributed by atoms with van der Waals surface area (Å²) in [5.74, 6) is 0.000644. The van der Waals surface area contributed by atoms with E-state index in [4.69, 9.17) is 9.57 Å². The fraction of sp³-hybridized carbons (Fsp3) is 0.286. The first-order valence-corrected chi connectivity index (χ1v) is 9.06. The largest absolute Gasteiger partial charge is 0.491 e. The Balaban J connectivity index is 1.55. The normalized spacial score (nSPS) is 22.5. The summed E-state index contributed by atoms with van der Waals surface area (Å²) in [5, 5.41) is 1.82. The number of ether oxygens (including phenoxy) is 1. The summed E-state index contributed by atoms with van der Waals surface area (Å²) in [4.78, 5) is 10.2. The lowest BCUT2D eigenvalue weighted by atomic mass is 9.85. The van der Waals surface area contributed by atoms with Crippen molar-refractivity contribution in [3.05, 3.63) is 84.4 Å². The lowest BCUT2D eigenvalue weighted by Crippen LogP contribution is -2.41.